The molecule has 2 aromatic heterocycles. The highest BCUT2D eigenvalue weighted by atomic mass is 16.5. The summed E-state index contributed by atoms with van der Waals surface area (Å²) in [6.45, 7) is 1.84. The van der Waals surface area contributed by atoms with Gasteiger partial charge in [-0.1, -0.05) is 43.2 Å². The number of nitrogens with zero attached hydrogens (tertiary/aromatic N) is 2. The van der Waals surface area contributed by atoms with Crippen LogP contribution in [0.2, 0.25) is 0 Å². The number of anilines is 1. The molecule has 2 unspecified atom stereocenters. The molecule has 0 aliphatic heterocycles. The molecule has 1 aromatic carbocycles. The summed E-state index contributed by atoms with van der Waals surface area (Å²) in [5.41, 5.74) is 2.72. The Hall–Kier alpha value is -3.68. The number of H-pyrrole nitrogens is 1. The van der Waals surface area contributed by atoms with Crippen LogP contribution in [-0.2, 0) is 30.5 Å². The van der Waals surface area contributed by atoms with Crippen LogP contribution < -0.4 is 4.90 Å². The Morgan fingerprint density at radius 3 is 2.56 bits per heavy atom. The number of fused-ring (bicyclic) bond motifs is 1. The van der Waals surface area contributed by atoms with Crippen LogP contribution in [0, 0.1) is 11.8 Å². The Morgan fingerprint density at radius 1 is 1.03 bits per heavy atom. The zero-order valence-electron chi connectivity index (χ0n) is 19.2. The Labute approximate surface area is 198 Å². The van der Waals surface area contributed by atoms with Gasteiger partial charge in [0.25, 0.3) is 0 Å². The quantitative estimate of drug-likeness (QED) is 0.507. The number of aromatic nitrogens is 2. The van der Waals surface area contributed by atoms with Crippen LogP contribution in [0.25, 0.3) is 11.0 Å². The van der Waals surface area contributed by atoms with E-state index >= 15 is 0 Å². The van der Waals surface area contributed by atoms with Gasteiger partial charge in [-0.2, -0.15) is 0 Å². The molecule has 1 fully saturated rings. The topological polar surface area (TPSA) is 102 Å². The number of pyridine rings is 1. The Balaban J connectivity index is 1.58. The molecule has 1 aliphatic rings. The van der Waals surface area contributed by atoms with Gasteiger partial charge in [0.1, 0.15) is 18.7 Å². The van der Waals surface area contributed by atoms with Crippen molar-refractivity contribution in [2.75, 3.05) is 18.1 Å². The average Bonchev–Trinajstić information content (AvgIpc) is 3.30. The van der Waals surface area contributed by atoms with Gasteiger partial charge in [-0.25, -0.2) is 0 Å². The maximum absolute atomic E-state index is 13.8. The predicted molar refractivity (Wildman–Crippen MR) is 127 cm³/mol. The van der Waals surface area contributed by atoms with Crippen LogP contribution in [0.1, 0.15) is 38.2 Å². The van der Waals surface area contributed by atoms with Crippen molar-refractivity contribution < 1.29 is 23.9 Å². The zero-order valence-corrected chi connectivity index (χ0v) is 19.2. The van der Waals surface area contributed by atoms with Crippen molar-refractivity contribution in [2.24, 2.45) is 11.8 Å². The smallest absolute Gasteiger partial charge is 0.326 e. The number of ether oxygens (including phenoxy) is 2. The predicted octanol–water partition coefficient (Wildman–Crippen LogP) is 4.01. The molecule has 8 nitrogen and oxygen atoms in total. The summed E-state index contributed by atoms with van der Waals surface area (Å²) in [6.07, 6.45) is 6.11. The minimum Gasteiger partial charge on any atom is -0.465 e. The third-order valence-electron chi connectivity index (χ3n) is 6.17. The summed E-state index contributed by atoms with van der Waals surface area (Å²) in [7, 11) is 0. The van der Waals surface area contributed by atoms with Gasteiger partial charge in [0.15, 0.2) is 0 Å². The van der Waals surface area contributed by atoms with E-state index in [0.717, 1.165) is 23.9 Å². The number of aromatic amines is 1. The molecule has 178 valence electrons. The van der Waals surface area contributed by atoms with Crippen molar-refractivity contribution in [1.82, 2.24) is 9.97 Å². The summed E-state index contributed by atoms with van der Waals surface area (Å²) in [4.78, 5) is 48.2. The molecule has 2 heterocycles. The SMILES string of the molecule is CCOC(=O)CN(C(=O)C1CCCCC1C(=O)OCc1ccccc1)c1c[nH]c2cccnc12. The van der Waals surface area contributed by atoms with Gasteiger partial charge in [-0.3, -0.25) is 24.3 Å². The molecule has 1 aliphatic carbocycles. The molecule has 34 heavy (non-hydrogen) atoms. The van der Waals surface area contributed by atoms with Gasteiger partial charge in [-0.15, -0.1) is 0 Å². The summed E-state index contributed by atoms with van der Waals surface area (Å²) >= 11 is 0. The van der Waals surface area contributed by atoms with Gasteiger partial charge >= 0.3 is 11.9 Å². The fourth-order valence-electron chi connectivity index (χ4n) is 4.51. The summed E-state index contributed by atoms with van der Waals surface area (Å²) < 4.78 is 10.7. The van der Waals surface area contributed by atoms with Crippen molar-refractivity contribution in [3.05, 3.63) is 60.4 Å². The highest BCUT2D eigenvalue weighted by Crippen LogP contribution is 2.35. The van der Waals surface area contributed by atoms with E-state index < -0.39 is 17.8 Å². The number of hydrogen-bond acceptors (Lipinski definition) is 6. The highest BCUT2D eigenvalue weighted by molar-refractivity contribution is 6.06. The first-order valence-electron chi connectivity index (χ1n) is 11.7. The molecule has 0 bridgehead atoms. The Kier molecular flexibility index (Phi) is 7.57. The lowest BCUT2D eigenvalue weighted by Gasteiger charge is -2.33. The molecule has 8 heteroatoms. The second-order valence-corrected chi connectivity index (χ2v) is 8.39. The number of carbonyl (C=O) groups is 3. The normalized spacial score (nSPS) is 17.8. The lowest BCUT2D eigenvalue weighted by molar-refractivity contribution is -0.155. The van der Waals surface area contributed by atoms with Crippen molar-refractivity contribution in [3.8, 4) is 0 Å². The van der Waals surface area contributed by atoms with E-state index in [-0.39, 0.29) is 31.6 Å². The second-order valence-electron chi connectivity index (χ2n) is 8.39. The van der Waals surface area contributed by atoms with Gasteiger partial charge < -0.3 is 14.5 Å². The van der Waals surface area contributed by atoms with E-state index in [1.807, 2.05) is 36.4 Å². The summed E-state index contributed by atoms with van der Waals surface area (Å²) in [6, 6.07) is 13.1. The van der Waals surface area contributed by atoms with Gasteiger partial charge in [0, 0.05) is 12.4 Å². The third-order valence-corrected chi connectivity index (χ3v) is 6.17. The van der Waals surface area contributed by atoms with Crippen LogP contribution in [0.4, 0.5) is 5.69 Å². The van der Waals surface area contributed by atoms with Crippen molar-refractivity contribution >= 4 is 34.6 Å². The number of hydrogen-bond donors (Lipinski definition) is 1. The summed E-state index contributed by atoms with van der Waals surface area (Å²) in [5.74, 6) is -2.33. The number of amides is 1. The molecule has 1 N–H and O–H groups in total. The van der Waals surface area contributed by atoms with E-state index in [0.29, 0.717) is 24.0 Å². The fraction of sp³-hybridized carbons (Fsp3) is 0.385. The van der Waals surface area contributed by atoms with E-state index in [1.54, 1.807) is 25.4 Å². The van der Waals surface area contributed by atoms with Gasteiger partial charge in [-0.05, 0) is 37.5 Å². The first-order chi connectivity index (χ1) is 16.6. The lowest BCUT2D eigenvalue weighted by Crippen LogP contribution is -2.45. The van der Waals surface area contributed by atoms with E-state index in [1.165, 1.54) is 4.90 Å². The molecule has 1 saturated carbocycles. The van der Waals surface area contributed by atoms with Crippen LogP contribution >= 0.6 is 0 Å². The Bertz CT molecular complexity index is 1140. The fourth-order valence-corrected chi connectivity index (χ4v) is 4.51. The molecule has 1 amide bonds. The molecule has 2 atom stereocenters. The maximum atomic E-state index is 13.8. The first kappa shape index (κ1) is 23.5. The van der Waals surface area contributed by atoms with E-state index in [9.17, 15) is 14.4 Å². The van der Waals surface area contributed by atoms with Gasteiger partial charge in [0.05, 0.1) is 29.6 Å². The number of carbonyl (C=O) groups excluding carboxylic acids is 3. The number of esters is 2. The van der Waals surface area contributed by atoms with Crippen LogP contribution in [0.15, 0.2) is 54.9 Å². The molecular weight excluding hydrogens is 434 g/mol. The van der Waals surface area contributed by atoms with Crippen LogP contribution in [-0.4, -0.2) is 41.0 Å². The van der Waals surface area contributed by atoms with E-state index in [4.69, 9.17) is 9.47 Å². The first-order valence-corrected chi connectivity index (χ1v) is 11.7. The second kappa shape index (κ2) is 11.0. The van der Waals surface area contributed by atoms with Gasteiger partial charge in [0.2, 0.25) is 5.91 Å². The van der Waals surface area contributed by atoms with E-state index in [2.05, 4.69) is 9.97 Å². The largest absolute Gasteiger partial charge is 0.465 e. The number of benzene rings is 1. The Morgan fingerprint density at radius 2 is 1.79 bits per heavy atom. The lowest BCUT2D eigenvalue weighted by atomic mass is 9.78. The number of nitrogens with one attached hydrogen (secondary N) is 1. The van der Waals surface area contributed by atoms with Crippen LogP contribution in [0.5, 0.6) is 0 Å². The third kappa shape index (κ3) is 5.27. The van der Waals surface area contributed by atoms with Crippen molar-refractivity contribution in [3.63, 3.8) is 0 Å². The minimum absolute atomic E-state index is 0.163. The maximum Gasteiger partial charge on any atom is 0.326 e. The molecule has 4 rings (SSSR count). The number of rotatable bonds is 8. The molecular formula is C26H29N3O5. The van der Waals surface area contributed by atoms with Crippen molar-refractivity contribution in [1.29, 1.82) is 0 Å². The standard InChI is InChI=1S/C26H29N3O5/c1-2-33-23(30)16-29(22-15-28-21-13-8-14-27-24(21)22)25(31)19-11-6-7-12-20(19)26(32)34-17-18-9-4-3-5-10-18/h3-5,8-10,13-15,19-20,28H,2,6-7,11-12,16-17H2,1H3. The highest BCUT2D eigenvalue weighted by Gasteiger charge is 2.40. The van der Waals surface area contributed by atoms with Crippen molar-refractivity contribution in [2.45, 2.75) is 39.2 Å². The zero-order chi connectivity index (χ0) is 23.9. The molecule has 0 spiro atoms. The molecule has 3 aromatic rings. The average molecular weight is 464 g/mol. The molecule has 0 saturated heterocycles. The monoisotopic (exact) mass is 463 g/mol. The summed E-state index contributed by atoms with van der Waals surface area (Å²) in [5, 5.41) is 0. The molecule has 0 radical (unpaired) electrons. The van der Waals surface area contributed by atoms with Crippen LogP contribution in [0.3, 0.4) is 0 Å². The minimum atomic E-state index is -0.583.